The summed E-state index contributed by atoms with van der Waals surface area (Å²) in [7, 11) is 0. The summed E-state index contributed by atoms with van der Waals surface area (Å²) >= 11 is 3.50. The molecular formula is C18H20BrNO. The molecule has 1 aliphatic carbocycles. The predicted molar refractivity (Wildman–Crippen MR) is 89.1 cm³/mol. The van der Waals surface area contributed by atoms with E-state index in [9.17, 15) is 0 Å². The van der Waals surface area contributed by atoms with Gasteiger partial charge in [0.05, 0.1) is 12.7 Å². The van der Waals surface area contributed by atoms with Crippen LogP contribution in [0.15, 0.2) is 59.1 Å². The van der Waals surface area contributed by atoms with Crippen LogP contribution in [0.3, 0.4) is 0 Å². The Morgan fingerprint density at radius 2 is 1.90 bits per heavy atom. The minimum Gasteiger partial charge on any atom is -0.368 e. The first-order valence-electron chi connectivity index (χ1n) is 7.45. The minimum absolute atomic E-state index is 0.103. The molecule has 0 amide bonds. The van der Waals surface area contributed by atoms with Gasteiger partial charge in [-0.05, 0) is 36.1 Å². The summed E-state index contributed by atoms with van der Waals surface area (Å²) in [6.07, 6.45) is 2.70. The molecule has 1 fully saturated rings. The molecule has 0 aliphatic heterocycles. The lowest BCUT2D eigenvalue weighted by molar-refractivity contribution is 0.0395. The van der Waals surface area contributed by atoms with Crippen molar-refractivity contribution in [3.05, 3.63) is 70.2 Å². The van der Waals surface area contributed by atoms with Crippen LogP contribution < -0.4 is 5.32 Å². The van der Waals surface area contributed by atoms with Crippen molar-refractivity contribution in [2.24, 2.45) is 0 Å². The summed E-state index contributed by atoms with van der Waals surface area (Å²) in [5.41, 5.74) is 2.43. The Morgan fingerprint density at radius 3 is 2.62 bits per heavy atom. The molecule has 0 heterocycles. The molecule has 1 N–H and O–H groups in total. The summed E-state index contributed by atoms with van der Waals surface area (Å²) in [5, 5.41) is 3.57. The van der Waals surface area contributed by atoms with Crippen molar-refractivity contribution in [2.45, 2.75) is 31.6 Å². The van der Waals surface area contributed by atoms with Crippen LogP contribution >= 0.6 is 15.9 Å². The summed E-state index contributed by atoms with van der Waals surface area (Å²) in [6, 6.07) is 19.5. The second-order valence-electron chi connectivity index (χ2n) is 5.52. The Bertz CT molecular complexity index is 568. The first kappa shape index (κ1) is 14.8. The van der Waals surface area contributed by atoms with Crippen LogP contribution in [0.2, 0.25) is 0 Å². The molecule has 0 aromatic heterocycles. The number of benzene rings is 2. The van der Waals surface area contributed by atoms with Crippen LogP contribution in [-0.2, 0) is 11.3 Å². The molecule has 1 unspecified atom stereocenters. The zero-order valence-electron chi connectivity index (χ0n) is 12.0. The molecule has 21 heavy (non-hydrogen) atoms. The predicted octanol–water partition coefficient (Wildman–Crippen LogP) is 4.46. The number of ether oxygens (including phenoxy) is 1. The highest BCUT2D eigenvalue weighted by molar-refractivity contribution is 9.10. The highest BCUT2D eigenvalue weighted by Crippen LogP contribution is 2.23. The molecule has 2 nitrogen and oxygen atoms in total. The highest BCUT2D eigenvalue weighted by atomic mass is 79.9. The molecule has 1 saturated carbocycles. The van der Waals surface area contributed by atoms with E-state index in [0.29, 0.717) is 12.6 Å². The van der Waals surface area contributed by atoms with Crippen LogP contribution in [0.4, 0.5) is 0 Å². The summed E-state index contributed by atoms with van der Waals surface area (Å²) < 4.78 is 7.26. The normalized spacial score (nSPS) is 15.9. The molecule has 1 atom stereocenters. The lowest BCUT2D eigenvalue weighted by atomic mass is 10.1. The van der Waals surface area contributed by atoms with E-state index in [1.54, 1.807) is 0 Å². The van der Waals surface area contributed by atoms with E-state index in [0.717, 1.165) is 11.0 Å². The van der Waals surface area contributed by atoms with Gasteiger partial charge in [-0.3, -0.25) is 0 Å². The third-order valence-corrected chi connectivity index (χ3v) is 4.17. The molecule has 110 valence electrons. The molecule has 0 bridgehead atoms. The molecular weight excluding hydrogens is 326 g/mol. The summed E-state index contributed by atoms with van der Waals surface area (Å²) in [6.45, 7) is 1.51. The van der Waals surface area contributed by atoms with E-state index in [1.165, 1.54) is 24.0 Å². The van der Waals surface area contributed by atoms with E-state index >= 15 is 0 Å². The van der Waals surface area contributed by atoms with E-state index < -0.39 is 0 Å². The van der Waals surface area contributed by atoms with Gasteiger partial charge in [-0.25, -0.2) is 0 Å². The lowest BCUT2D eigenvalue weighted by Gasteiger charge is -2.19. The van der Waals surface area contributed by atoms with Gasteiger partial charge in [0.15, 0.2) is 0 Å². The Hall–Kier alpha value is -1.16. The Morgan fingerprint density at radius 1 is 1.10 bits per heavy atom. The first-order chi connectivity index (χ1) is 10.3. The van der Waals surface area contributed by atoms with E-state index in [2.05, 4.69) is 57.6 Å². The van der Waals surface area contributed by atoms with Gasteiger partial charge in [-0.15, -0.1) is 0 Å². The minimum atomic E-state index is 0.103. The van der Waals surface area contributed by atoms with Gasteiger partial charge >= 0.3 is 0 Å². The number of halogens is 1. The van der Waals surface area contributed by atoms with Gasteiger partial charge in [-0.1, -0.05) is 58.4 Å². The molecule has 0 spiro atoms. The number of hydrogen-bond acceptors (Lipinski definition) is 2. The summed E-state index contributed by atoms with van der Waals surface area (Å²) in [4.78, 5) is 0. The van der Waals surface area contributed by atoms with Gasteiger partial charge in [-0.2, -0.15) is 0 Å². The summed E-state index contributed by atoms with van der Waals surface area (Å²) in [5.74, 6) is 0. The zero-order valence-corrected chi connectivity index (χ0v) is 13.6. The van der Waals surface area contributed by atoms with Crippen LogP contribution in [0.5, 0.6) is 0 Å². The maximum absolute atomic E-state index is 6.16. The number of nitrogens with one attached hydrogen (secondary N) is 1. The van der Waals surface area contributed by atoms with Crippen molar-refractivity contribution in [3.8, 4) is 0 Å². The van der Waals surface area contributed by atoms with Crippen molar-refractivity contribution >= 4 is 15.9 Å². The monoisotopic (exact) mass is 345 g/mol. The fraction of sp³-hybridized carbons (Fsp3) is 0.333. The first-order valence-corrected chi connectivity index (χ1v) is 8.25. The van der Waals surface area contributed by atoms with Crippen molar-refractivity contribution in [1.82, 2.24) is 5.32 Å². The van der Waals surface area contributed by atoms with Crippen molar-refractivity contribution in [3.63, 3.8) is 0 Å². The van der Waals surface area contributed by atoms with Gasteiger partial charge in [0.25, 0.3) is 0 Å². The van der Waals surface area contributed by atoms with Crippen LogP contribution in [0.1, 0.15) is 30.1 Å². The maximum atomic E-state index is 6.16. The molecule has 3 rings (SSSR count). The van der Waals surface area contributed by atoms with Gasteiger partial charge in [0.1, 0.15) is 0 Å². The fourth-order valence-electron chi connectivity index (χ4n) is 2.33. The topological polar surface area (TPSA) is 21.3 Å². The number of rotatable bonds is 7. The Balaban J connectivity index is 1.63. The van der Waals surface area contributed by atoms with E-state index in [1.807, 2.05) is 18.2 Å². The van der Waals surface area contributed by atoms with Crippen molar-refractivity contribution < 1.29 is 4.74 Å². The van der Waals surface area contributed by atoms with Gasteiger partial charge < -0.3 is 10.1 Å². The third kappa shape index (κ3) is 4.67. The average Bonchev–Trinajstić information content (AvgIpc) is 3.32. The molecule has 0 radical (unpaired) electrons. The van der Waals surface area contributed by atoms with Crippen LogP contribution in [-0.4, -0.2) is 12.6 Å². The largest absolute Gasteiger partial charge is 0.368 e. The van der Waals surface area contributed by atoms with E-state index in [4.69, 9.17) is 4.74 Å². The second-order valence-corrected chi connectivity index (χ2v) is 6.44. The van der Waals surface area contributed by atoms with E-state index in [-0.39, 0.29) is 6.10 Å². The Kier molecular flexibility index (Phi) is 5.07. The van der Waals surface area contributed by atoms with Crippen LogP contribution in [0.25, 0.3) is 0 Å². The molecule has 2 aromatic carbocycles. The third-order valence-electron chi connectivity index (χ3n) is 3.68. The molecule has 3 heteroatoms. The molecule has 2 aromatic rings. The quantitative estimate of drug-likeness (QED) is 0.799. The fourth-order valence-corrected chi connectivity index (χ4v) is 2.77. The smallest absolute Gasteiger partial charge is 0.0953 e. The maximum Gasteiger partial charge on any atom is 0.0953 e. The van der Waals surface area contributed by atoms with Crippen LogP contribution in [0, 0.1) is 0 Å². The zero-order chi connectivity index (χ0) is 14.5. The van der Waals surface area contributed by atoms with Crippen molar-refractivity contribution in [2.75, 3.05) is 6.54 Å². The average molecular weight is 346 g/mol. The molecule has 1 aliphatic rings. The van der Waals surface area contributed by atoms with Crippen molar-refractivity contribution in [1.29, 1.82) is 0 Å². The van der Waals surface area contributed by atoms with Gasteiger partial charge in [0.2, 0.25) is 0 Å². The SMILES string of the molecule is Brc1cccc(COC(CNC2CC2)c2ccccc2)c1. The highest BCUT2D eigenvalue weighted by Gasteiger charge is 2.22. The lowest BCUT2D eigenvalue weighted by Crippen LogP contribution is -2.25. The van der Waals surface area contributed by atoms with Gasteiger partial charge in [0, 0.05) is 17.1 Å². The Labute approximate surface area is 134 Å². The second kappa shape index (κ2) is 7.21. The molecule has 0 saturated heterocycles. The number of hydrogen-bond donors (Lipinski definition) is 1. The standard InChI is InChI=1S/C18H20BrNO/c19-16-8-4-5-14(11-16)13-21-18(12-20-17-9-10-17)15-6-2-1-3-7-15/h1-8,11,17-18,20H,9-10,12-13H2.